The predicted octanol–water partition coefficient (Wildman–Crippen LogP) is 3.77. The molecule has 3 heteroatoms. The molecule has 2 aromatic rings. The van der Waals surface area contributed by atoms with E-state index in [0.29, 0.717) is 0 Å². The fraction of sp³-hybridized carbons (Fsp3) is 0.222. The zero-order valence-corrected chi connectivity index (χ0v) is 12.3. The Morgan fingerprint density at radius 3 is 2.48 bits per heavy atom. The van der Waals surface area contributed by atoms with E-state index in [1.165, 1.54) is 0 Å². The van der Waals surface area contributed by atoms with Crippen molar-refractivity contribution in [3.63, 3.8) is 0 Å². The molecule has 0 atom stereocenters. The van der Waals surface area contributed by atoms with E-state index in [0.717, 1.165) is 16.3 Å². The van der Waals surface area contributed by atoms with Crippen LogP contribution in [0, 0.1) is 0 Å². The summed E-state index contributed by atoms with van der Waals surface area (Å²) in [5.74, 6) is -0.765. The van der Waals surface area contributed by atoms with Crippen molar-refractivity contribution in [3.05, 3.63) is 53.6 Å². The van der Waals surface area contributed by atoms with Gasteiger partial charge in [0.2, 0.25) is 0 Å². The third kappa shape index (κ3) is 3.37. The first-order valence-corrected chi connectivity index (χ1v) is 7.07. The highest BCUT2D eigenvalue weighted by Gasteiger charge is 2.18. The number of Topliss-reactive ketones (excluding diaryl/α,β-unsaturated/α-hetero) is 1. The van der Waals surface area contributed by atoms with Gasteiger partial charge in [-0.2, -0.15) is 0 Å². The largest absolute Gasteiger partial charge is 0.462 e. The van der Waals surface area contributed by atoms with Gasteiger partial charge in [0.25, 0.3) is 0 Å². The standard InChI is InChI=1S/C18H18O3/c1-3-17(19)16(18(20)21-4-2)12-14-10-7-9-13-8-5-6-11-15(13)14/h5-12H,3-4H2,1-2H3. The van der Waals surface area contributed by atoms with E-state index in [2.05, 4.69) is 0 Å². The first kappa shape index (κ1) is 15.0. The number of fused-ring (bicyclic) bond motifs is 1. The van der Waals surface area contributed by atoms with Gasteiger partial charge in [-0.25, -0.2) is 4.79 Å². The Balaban J connectivity index is 2.54. The van der Waals surface area contributed by atoms with Crippen LogP contribution in [0.25, 0.3) is 16.8 Å². The van der Waals surface area contributed by atoms with E-state index in [9.17, 15) is 9.59 Å². The summed E-state index contributed by atoms with van der Waals surface area (Å²) < 4.78 is 4.98. The van der Waals surface area contributed by atoms with Crippen LogP contribution >= 0.6 is 0 Å². The Bertz CT molecular complexity index is 693. The van der Waals surface area contributed by atoms with E-state index in [4.69, 9.17) is 4.74 Å². The quantitative estimate of drug-likeness (QED) is 0.363. The number of rotatable bonds is 5. The first-order valence-electron chi connectivity index (χ1n) is 7.07. The molecule has 0 N–H and O–H groups in total. The summed E-state index contributed by atoms with van der Waals surface area (Å²) in [6.45, 7) is 3.71. The third-order valence-corrected chi connectivity index (χ3v) is 3.24. The lowest BCUT2D eigenvalue weighted by molar-refractivity contribution is -0.139. The normalized spacial score (nSPS) is 11.4. The van der Waals surface area contributed by atoms with Gasteiger partial charge in [-0.3, -0.25) is 4.79 Å². The number of hydrogen-bond acceptors (Lipinski definition) is 3. The van der Waals surface area contributed by atoms with Gasteiger partial charge in [0.1, 0.15) is 5.57 Å². The molecule has 0 aromatic heterocycles. The first-order chi connectivity index (χ1) is 10.2. The predicted molar refractivity (Wildman–Crippen MR) is 83.9 cm³/mol. The maximum atomic E-state index is 12.0. The van der Waals surface area contributed by atoms with Gasteiger partial charge in [-0.05, 0) is 29.3 Å². The molecular weight excluding hydrogens is 264 g/mol. The van der Waals surface area contributed by atoms with E-state index in [-0.39, 0.29) is 24.4 Å². The molecule has 0 bridgehead atoms. The SMILES string of the molecule is CCOC(=O)C(=Cc1cccc2ccccc12)C(=O)CC. The zero-order valence-electron chi connectivity index (χ0n) is 12.3. The number of ketones is 1. The van der Waals surface area contributed by atoms with Crippen molar-refractivity contribution < 1.29 is 14.3 Å². The molecule has 0 amide bonds. The van der Waals surface area contributed by atoms with Crippen LogP contribution in [0.15, 0.2) is 48.0 Å². The molecule has 0 fully saturated rings. The average molecular weight is 282 g/mol. The van der Waals surface area contributed by atoms with Crippen molar-refractivity contribution in [1.29, 1.82) is 0 Å². The Morgan fingerprint density at radius 1 is 1.05 bits per heavy atom. The van der Waals surface area contributed by atoms with Crippen molar-refractivity contribution in [2.75, 3.05) is 6.61 Å². The third-order valence-electron chi connectivity index (χ3n) is 3.24. The number of carbonyl (C=O) groups excluding carboxylic acids is 2. The van der Waals surface area contributed by atoms with Crippen molar-refractivity contribution >= 4 is 28.6 Å². The fourth-order valence-electron chi connectivity index (χ4n) is 2.18. The molecule has 3 nitrogen and oxygen atoms in total. The minimum atomic E-state index is -0.558. The summed E-state index contributed by atoms with van der Waals surface area (Å²) in [5.41, 5.74) is 0.952. The molecule has 0 radical (unpaired) electrons. The molecular formula is C18H18O3. The summed E-state index contributed by atoms with van der Waals surface area (Å²) >= 11 is 0. The summed E-state index contributed by atoms with van der Waals surface area (Å²) in [5, 5.41) is 2.07. The lowest BCUT2D eigenvalue weighted by atomic mass is 10.0. The van der Waals surface area contributed by atoms with Gasteiger partial charge in [0, 0.05) is 6.42 Å². The fourth-order valence-corrected chi connectivity index (χ4v) is 2.18. The van der Waals surface area contributed by atoms with Gasteiger partial charge in [-0.15, -0.1) is 0 Å². The van der Waals surface area contributed by atoms with E-state index in [1.54, 1.807) is 19.9 Å². The van der Waals surface area contributed by atoms with Gasteiger partial charge < -0.3 is 4.74 Å². The molecule has 2 rings (SSSR count). The molecule has 0 spiro atoms. The maximum Gasteiger partial charge on any atom is 0.341 e. The van der Waals surface area contributed by atoms with Crippen molar-refractivity contribution in [1.82, 2.24) is 0 Å². The molecule has 0 saturated heterocycles. The summed E-state index contributed by atoms with van der Waals surface area (Å²) in [6.07, 6.45) is 1.90. The van der Waals surface area contributed by atoms with E-state index >= 15 is 0 Å². The van der Waals surface area contributed by atoms with Crippen LogP contribution in [-0.4, -0.2) is 18.4 Å². The molecule has 0 aliphatic carbocycles. The maximum absolute atomic E-state index is 12.0. The smallest absolute Gasteiger partial charge is 0.341 e. The Labute approximate surface area is 124 Å². The zero-order chi connectivity index (χ0) is 15.2. The molecule has 21 heavy (non-hydrogen) atoms. The Morgan fingerprint density at radius 2 is 1.76 bits per heavy atom. The number of benzene rings is 2. The van der Waals surface area contributed by atoms with Crippen molar-refractivity contribution in [3.8, 4) is 0 Å². The number of ether oxygens (including phenoxy) is 1. The van der Waals surface area contributed by atoms with Crippen molar-refractivity contribution in [2.45, 2.75) is 20.3 Å². The van der Waals surface area contributed by atoms with Gasteiger partial charge in [-0.1, -0.05) is 49.4 Å². The number of esters is 1. The van der Waals surface area contributed by atoms with Crippen LogP contribution in [-0.2, 0) is 14.3 Å². The van der Waals surface area contributed by atoms with Crippen LogP contribution in [0.2, 0.25) is 0 Å². The minimum Gasteiger partial charge on any atom is -0.462 e. The molecule has 0 aliphatic rings. The lowest BCUT2D eigenvalue weighted by Gasteiger charge is -2.07. The highest BCUT2D eigenvalue weighted by atomic mass is 16.5. The molecule has 0 aliphatic heterocycles. The summed E-state index contributed by atoms with van der Waals surface area (Å²) in [4.78, 5) is 24.0. The monoisotopic (exact) mass is 282 g/mol. The average Bonchev–Trinajstić information content (AvgIpc) is 2.52. The van der Waals surface area contributed by atoms with E-state index in [1.807, 2.05) is 42.5 Å². The minimum absolute atomic E-state index is 0.107. The van der Waals surface area contributed by atoms with Crippen LogP contribution in [0.1, 0.15) is 25.8 Å². The molecule has 2 aromatic carbocycles. The molecule has 0 unspecified atom stereocenters. The number of carbonyl (C=O) groups is 2. The van der Waals surface area contributed by atoms with Gasteiger partial charge >= 0.3 is 5.97 Å². The molecule has 0 heterocycles. The summed E-state index contributed by atoms with van der Waals surface area (Å²) in [6, 6.07) is 13.7. The highest BCUT2D eigenvalue weighted by molar-refractivity contribution is 6.21. The van der Waals surface area contributed by atoms with Gasteiger partial charge in [0.05, 0.1) is 6.61 Å². The highest BCUT2D eigenvalue weighted by Crippen LogP contribution is 2.21. The Hall–Kier alpha value is -2.42. The second-order valence-corrected chi connectivity index (χ2v) is 4.62. The molecule has 0 saturated carbocycles. The van der Waals surface area contributed by atoms with Crippen LogP contribution < -0.4 is 0 Å². The topological polar surface area (TPSA) is 43.4 Å². The van der Waals surface area contributed by atoms with Crippen LogP contribution in [0.3, 0.4) is 0 Å². The molecule has 108 valence electrons. The lowest BCUT2D eigenvalue weighted by Crippen LogP contribution is -2.15. The second-order valence-electron chi connectivity index (χ2n) is 4.62. The summed E-state index contributed by atoms with van der Waals surface area (Å²) in [7, 11) is 0. The Kier molecular flexibility index (Phi) is 4.88. The van der Waals surface area contributed by atoms with E-state index < -0.39 is 5.97 Å². The van der Waals surface area contributed by atoms with Crippen LogP contribution in [0.5, 0.6) is 0 Å². The second kappa shape index (κ2) is 6.84. The number of hydrogen-bond donors (Lipinski definition) is 0. The van der Waals surface area contributed by atoms with Crippen LogP contribution in [0.4, 0.5) is 0 Å². The van der Waals surface area contributed by atoms with Crippen molar-refractivity contribution in [2.24, 2.45) is 0 Å². The van der Waals surface area contributed by atoms with Gasteiger partial charge in [0.15, 0.2) is 5.78 Å².